The predicted molar refractivity (Wildman–Crippen MR) is 83.9 cm³/mol. The van der Waals surface area contributed by atoms with Crippen molar-refractivity contribution in [3.8, 4) is 11.5 Å². The van der Waals surface area contributed by atoms with Crippen molar-refractivity contribution in [2.24, 2.45) is 11.7 Å². The molecule has 2 unspecified atom stereocenters. The number of rotatable bonds is 6. The van der Waals surface area contributed by atoms with Crippen molar-refractivity contribution in [1.29, 1.82) is 0 Å². The van der Waals surface area contributed by atoms with Crippen molar-refractivity contribution >= 4 is 11.6 Å². The number of nitrogens with one attached hydrogen (secondary N) is 1. The highest BCUT2D eigenvalue weighted by molar-refractivity contribution is 5.99. The molecular formula is C15H21N3O5. The van der Waals surface area contributed by atoms with E-state index in [1.807, 2.05) is 0 Å². The third-order valence-electron chi connectivity index (χ3n) is 4.22. The van der Waals surface area contributed by atoms with Crippen molar-refractivity contribution in [2.45, 2.75) is 25.3 Å². The Kier molecular flexibility index (Phi) is 5.38. The quantitative estimate of drug-likeness (QED) is 0.605. The van der Waals surface area contributed by atoms with Crippen molar-refractivity contribution in [3.05, 3.63) is 27.8 Å². The molecule has 2 atom stereocenters. The highest BCUT2D eigenvalue weighted by Gasteiger charge is 2.30. The molecule has 3 N–H and O–H groups in total. The fraction of sp³-hybridized carbons (Fsp3) is 0.533. The highest BCUT2D eigenvalue weighted by atomic mass is 16.6. The summed E-state index contributed by atoms with van der Waals surface area (Å²) in [5.41, 5.74) is 5.34. The van der Waals surface area contributed by atoms with E-state index >= 15 is 0 Å². The fourth-order valence-electron chi connectivity index (χ4n) is 2.96. The van der Waals surface area contributed by atoms with Gasteiger partial charge >= 0.3 is 0 Å². The minimum Gasteiger partial charge on any atom is -0.493 e. The predicted octanol–water partition coefficient (Wildman–Crippen LogP) is 1.47. The Labute approximate surface area is 134 Å². The molecule has 0 heterocycles. The molecule has 1 amide bonds. The number of ether oxygens (including phenoxy) is 2. The van der Waals surface area contributed by atoms with E-state index in [0.29, 0.717) is 6.54 Å². The summed E-state index contributed by atoms with van der Waals surface area (Å²) in [5, 5.41) is 14.1. The molecule has 0 radical (unpaired) electrons. The Hall–Kier alpha value is -2.35. The average molecular weight is 323 g/mol. The van der Waals surface area contributed by atoms with Crippen LogP contribution in [0.3, 0.4) is 0 Å². The van der Waals surface area contributed by atoms with E-state index < -0.39 is 10.8 Å². The summed E-state index contributed by atoms with van der Waals surface area (Å²) in [5.74, 6) is 0.183. The number of nitrogens with zero attached hydrogens (tertiary/aromatic N) is 1. The van der Waals surface area contributed by atoms with E-state index in [-0.39, 0.29) is 34.7 Å². The lowest BCUT2D eigenvalue weighted by atomic mass is 10.0. The lowest BCUT2D eigenvalue weighted by Crippen LogP contribution is -2.40. The number of hydrogen-bond acceptors (Lipinski definition) is 6. The van der Waals surface area contributed by atoms with Gasteiger partial charge in [-0.1, -0.05) is 6.42 Å². The summed E-state index contributed by atoms with van der Waals surface area (Å²) in [6.45, 7) is 0.485. The van der Waals surface area contributed by atoms with Gasteiger partial charge in [0.2, 0.25) is 0 Å². The van der Waals surface area contributed by atoms with Gasteiger partial charge in [-0.05, 0) is 25.3 Å². The zero-order chi connectivity index (χ0) is 17.0. The van der Waals surface area contributed by atoms with E-state index in [2.05, 4.69) is 5.32 Å². The normalized spacial score (nSPS) is 20.1. The fourth-order valence-corrected chi connectivity index (χ4v) is 2.96. The molecule has 0 aromatic heterocycles. The van der Waals surface area contributed by atoms with E-state index in [4.69, 9.17) is 15.2 Å². The summed E-state index contributed by atoms with van der Waals surface area (Å²) < 4.78 is 10.2. The summed E-state index contributed by atoms with van der Waals surface area (Å²) in [7, 11) is 2.79. The largest absolute Gasteiger partial charge is 0.493 e. The summed E-state index contributed by atoms with van der Waals surface area (Å²) in [6.07, 6.45) is 2.77. The minimum absolute atomic E-state index is 0.0460. The number of nitro groups is 1. The van der Waals surface area contributed by atoms with Crippen LogP contribution in [-0.4, -0.2) is 37.6 Å². The van der Waals surface area contributed by atoms with Crippen LogP contribution < -0.4 is 20.5 Å². The molecule has 0 aliphatic heterocycles. The molecule has 8 nitrogen and oxygen atoms in total. The number of nitro benzene ring substituents is 1. The van der Waals surface area contributed by atoms with Crippen molar-refractivity contribution < 1.29 is 19.2 Å². The van der Waals surface area contributed by atoms with Crippen LogP contribution in [0.25, 0.3) is 0 Å². The molecule has 1 aromatic carbocycles. The second kappa shape index (κ2) is 7.28. The number of hydrogen-bond donors (Lipinski definition) is 2. The number of benzene rings is 1. The zero-order valence-electron chi connectivity index (χ0n) is 13.2. The van der Waals surface area contributed by atoms with Gasteiger partial charge in [0.05, 0.1) is 25.2 Å². The molecule has 1 fully saturated rings. The molecule has 1 aliphatic rings. The Morgan fingerprint density at radius 1 is 1.35 bits per heavy atom. The minimum atomic E-state index is -0.605. The Balaban J connectivity index is 2.32. The molecule has 8 heteroatoms. The van der Waals surface area contributed by atoms with Gasteiger partial charge in [-0.2, -0.15) is 0 Å². The molecule has 0 spiro atoms. The van der Waals surface area contributed by atoms with Gasteiger partial charge in [-0.15, -0.1) is 0 Å². The summed E-state index contributed by atoms with van der Waals surface area (Å²) >= 11 is 0. The lowest BCUT2D eigenvalue weighted by Gasteiger charge is -2.19. The SMILES string of the molecule is COc1cc(C(=O)NC2CCCC2CN)c([N+](=O)[O-])cc1OC. The lowest BCUT2D eigenvalue weighted by molar-refractivity contribution is -0.385. The number of amides is 1. The third kappa shape index (κ3) is 3.53. The summed E-state index contributed by atoms with van der Waals surface area (Å²) in [4.78, 5) is 23.2. The van der Waals surface area contributed by atoms with E-state index in [1.165, 1.54) is 26.4 Å². The van der Waals surface area contributed by atoms with Crippen LogP contribution in [0.5, 0.6) is 11.5 Å². The number of methoxy groups -OCH3 is 2. The molecule has 1 aromatic rings. The van der Waals surface area contributed by atoms with Gasteiger partial charge in [-0.3, -0.25) is 14.9 Å². The first-order valence-corrected chi connectivity index (χ1v) is 7.43. The van der Waals surface area contributed by atoms with E-state index in [9.17, 15) is 14.9 Å². The molecule has 126 valence electrons. The first kappa shape index (κ1) is 17.0. The second-order valence-corrected chi connectivity index (χ2v) is 5.49. The van der Waals surface area contributed by atoms with Crippen LogP contribution in [0.1, 0.15) is 29.6 Å². The maximum absolute atomic E-state index is 12.5. The first-order chi connectivity index (χ1) is 11.0. The Bertz CT molecular complexity index is 605. The highest BCUT2D eigenvalue weighted by Crippen LogP contribution is 2.35. The molecule has 0 saturated heterocycles. The average Bonchev–Trinajstić information content (AvgIpc) is 3.00. The van der Waals surface area contributed by atoms with Gasteiger partial charge in [0.1, 0.15) is 5.56 Å². The Morgan fingerprint density at radius 2 is 2.00 bits per heavy atom. The summed E-state index contributed by atoms with van der Waals surface area (Å²) in [6, 6.07) is 2.47. The molecule has 2 rings (SSSR count). The van der Waals surface area contributed by atoms with Crippen LogP contribution in [0, 0.1) is 16.0 Å². The molecule has 23 heavy (non-hydrogen) atoms. The van der Waals surface area contributed by atoms with E-state index in [1.54, 1.807) is 0 Å². The molecule has 1 saturated carbocycles. The van der Waals surface area contributed by atoms with Crippen LogP contribution in [0.4, 0.5) is 5.69 Å². The van der Waals surface area contributed by atoms with Gasteiger partial charge in [0.25, 0.3) is 11.6 Å². The Morgan fingerprint density at radius 3 is 2.57 bits per heavy atom. The zero-order valence-corrected chi connectivity index (χ0v) is 13.2. The number of carbonyl (C=O) groups is 1. The second-order valence-electron chi connectivity index (χ2n) is 5.49. The van der Waals surface area contributed by atoms with Crippen LogP contribution in [0.2, 0.25) is 0 Å². The van der Waals surface area contributed by atoms with Gasteiger partial charge < -0.3 is 20.5 Å². The van der Waals surface area contributed by atoms with Crippen molar-refractivity contribution in [3.63, 3.8) is 0 Å². The van der Waals surface area contributed by atoms with Crippen molar-refractivity contribution in [2.75, 3.05) is 20.8 Å². The monoisotopic (exact) mass is 323 g/mol. The van der Waals surface area contributed by atoms with Gasteiger partial charge in [-0.25, -0.2) is 0 Å². The standard InChI is InChI=1S/C15H21N3O5/c1-22-13-6-10(12(18(20)21)7-14(13)23-2)15(19)17-11-5-3-4-9(11)8-16/h6-7,9,11H,3-5,8,16H2,1-2H3,(H,17,19). The van der Waals surface area contributed by atoms with Crippen LogP contribution in [0.15, 0.2) is 12.1 Å². The van der Waals surface area contributed by atoms with Gasteiger partial charge in [0, 0.05) is 12.1 Å². The third-order valence-corrected chi connectivity index (χ3v) is 4.22. The van der Waals surface area contributed by atoms with Crippen LogP contribution in [-0.2, 0) is 0 Å². The molecular weight excluding hydrogens is 302 g/mol. The number of nitrogens with two attached hydrogens (primary N) is 1. The first-order valence-electron chi connectivity index (χ1n) is 7.43. The molecule has 1 aliphatic carbocycles. The topological polar surface area (TPSA) is 117 Å². The smallest absolute Gasteiger partial charge is 0.286 e. The van der Waals surface area contributed by atoms with Crippen LogP contribution >= 0.6 is 0 Å². The van der Waals surface area contributed by atoms with Gasteiger partial charge in [0.15, 0.2) is 11.5 Å². The molecule has 0 bridgehead atoms. The maximum Gasteiger partial charge on any atom is 0.286 e. The van der Waals surface area contributed by atoms with E-state index in [0.717, 1.165) is 19.3 Å². The van der Waals surface area contributed by atoms with Crippen molar-refractivity contribution in [1.82, 2.24) is 5.32 Å². The number of carbonyl (C=O) groups excluding carboxylic acids is 1. The maximum atomic E-state index is 12.5.